The summed E-state index contributed by atoms with van der Waals surface area (Å²) in [5.74, 6) is -1.45. The van der Waals surface area contributed by atoms with Gasteiger partial charge in [-0.05, 0) is 30.7 Å². The maximum Gasteiger partial charge on any atom is 0.316 e. The van der Waals surface area contributed by atoms with E-state index in [0.717, 1.165) is 0 Å². The zero-order valence-corrected chi connectivity index (χ0v) is 16.2. The molecular weight excluding hydrogens is 441 g/mol. The quantitative estimate of drug-likeness (QED) is 0.274. The number of esters is 1. The van der Waals surface area contributed by atoms with Gasteiger partial charge in [0.05, 0.1) is 16.0 Å². The average Bonchev–Trinajstić information content (AvgIpc) is 2.77. The molecule has 1 aromatic rings. The van der Waals surface area contributed by atoms with Crippen molar-refractivity contribution in [3.63, 3.8) is 0 Å². The molecule has 0 aromatic heterocycles. The first kappa shape index (κ1) is 18.6. The Bertz CT molecular complexity index is 759. The smallest absolute Gasteiger partial charge is 0.316 e. The monoisotopic (exact) mass is 446 g/mol. The van der Waals surface area contributed by atoms with E-state index in [-0.39, 0.29) is 22.2 Å². The second kappa shape index (κ2) is 5.94. The summed E-state index contributed by atoms with van der Waals surface area (Å²) >= 11 is 37.9. The van der Waals surface area contributed by atoms with E-state index in [9.17, 15) is 9.59 Å². The number of halogens is 6. The highest BCUT2D eigenvalue weighted by atomic mass is 35.5. The first-order valence-corrected chi connectivity index (χ1v) is 8.95. The molecule has 1 fully saturated rings. The van der Waals surface area contributed by atoms with Crippen LogP contribution in [0.2, 0.25) is 0 Å². The van der Waals surface area contributed by atoms with Crippen LogP contribution >= 0.6 is 69.6 Å². The van der Waals surface area contributed by atoms with Gasteiger partial charge in [0.25, 0.3) is 0 Å². The number of carbonyl (C=O) groups excluding carboxylic acids is 2. The zero-order chi connectivity index (χ0) is 17.9. The molecule has 128 valence electrons. The molecule has 3 rings (SSSR count). The number of benzene rings is 1. The molecule has 0 aliphatic heterocycles. The van der Waals surface area contributed by atoms with E-state index in [1.807, 2.05) is 0 Å². The molecule has 0 saturated heterocycles. The normalized spacial score (nSPS) is 33.7. The third kappa shape index (κ3) is 2.26. The number of hydrogen-bond donors (Lipinski definition) is 0. The van der Waals surface area contributed by atoms with Crippen molar-refractivity contribution in [3.05, 3.63) is 39.9 Å². The summed E-state index contributed by atoms with van der Waals surface area (Å²) in [6.45, 7) is 0. The Balaban J connectivity index is 1.91. The molecule has 2 aliphatic rings. The standard InChI is InChI=1S/C15H8Cl6O3/c16-10-11(17)14(19)9(5-13(10,18)15(14,20)21)12(23)24-8-3-1-7(6-22)2-4-8/h1-4,6,9H,5H2/t9-,13+,14+/m0/s1. The van der Waals surface area contributed by atoms with Gasteiger partial charge >= 0.3 is 5.97 Å². The zero-order valence-electron chi connectivity index (χ0n) is 11.7. The molecule has 24 heavy (non-hydrogen) atoms. The van der Waals surface area contributed by atoms with Crippen molar-refractivity contribution in [2.45, 2.75) is 20.5 Å². The van der Waals surface area contributed by atoms with Gasteiger partial charge in [-0.1, -0.05) is 46.4 Å². The minimum absolute atomic E-state index is 0.0225. The number of allylic oxidation sites excluding steroid dienone is 2. The third-order valence-corrected chi connectivity index (χ3v) is 8.58. The van der Waals surface area contributed by atoms with Crippen LogP contribution in [0.5, 0.6) is 5.75 Å². The minimum Gasteiger partial charge on any atom is -0.426 e. The van der Waals surface area contributed by atoms with Crippen molar-refractivity contribution in [2.24, 2.45) is 5.92 Å². The molecule has 0 N–H and O–H groups in total. The highest BCUT2D eigenvalue weighted by Crippen LogP contribution is 2.74. The number of carbonyl (C=O) groups is 2. The van der Waals surface area contributed by atoms with Gasteiger partial charge in [-0.3, -0.25) is 9.59 Å². The Morgan fingerprint density at radius 2 is 1.67 bits per heavy atom. The van der Waals surface area contributed by atoms with Crippen LogP contribution in [0.3, 0.4) is 0 Å². The van der Waals surface area contributed by atoms with Crippen molar-refractivity contribution in [1.29, 1.82) is 0 Å². The summed E-state index contributed by atoms with van der Waals surface area (Å²) in [5, 5.41) is -0.0273. The molecule has 0 spiro atoms. The van der Waals surface area contributed by atoms with Crippen molar-refractivity contribution in [2.75, 3.05) is 0 Å². The van der Waals surface area contributed by atoms with Crippen LogP contribution < -0.4 is 4.74 Å². The van der Waals surface area contributed by atoms with Gasteiger partial charge < -0.3 is 4.74 Å². The molecule has 3 atom stereocenters. The highest BCUT2D eigenvalue weighted by molar-refractivity contribution is 6.66. The lowest BCUT2D eigenvalue weighted by Gasteiger charge is -2.32. The summed E-state index contributed by atoms with van der Waals surface area (Å²) in [5.41, 5.74) is 0.446. The number of rotatable bonds is 3. The molecular formula is C15H8Cl6O3. The maximum atomic E-state index is 12.6. The van der Waals surface area contributed by atoms with Crippen LogP contribution in [-0.2, 0) is 4.79 Å². The van der Waals surface area contributed by atoms with Crippen LogP contribution in [-0.4, -0.2) is 26.3 Å². The fraction of sp³-hybridized carbons (Fsp3) is 0.333. The molecule has 9 heteroatoms. The Hall–Kier alpha value is -0.160. The first-order valence-electron chi connectivity index (χ1n) is 6.68. The fourth-order valence-electron chi connectivity index (χ4n) is 2.96. The van der Waals surface area contributed by atoms with E-state index in [1.165, 1.54) is 24.3 Å². The summed E-state index contributed by atoms with van der Waals surface area (Å²) in [6, 6.07) is 5.97. The molecule has 0 radical (unpaired) electrons. The Morgan fingerprint density at radius 1 is 1.08 bits per heavy atom. The Kier molecular flexibility index (Phi) is 4.61. The van der Waals surface area contributed by atoms with Crippen LogP contribution in [0.15, 0.2) is 34.3 Å². The van der Waals surface area contributed by atoms with Crippen LogP contribution in [0.4, 0.5) is 0 Å². The summed E-state index contributed by atoms with van der Waals surface area (Å²) in [7, 11) is 0. The summed E-state index contributed by atoms with van der Waals surface area (Å²) in [6.07, 6.45) is 0.653. The van der Waals surface area contributed by atoms with Gasteiger partial charge in [0.15, 0.2) is 4.33 Å². The van der Waals surface area contributed by atoms with Crippen molar-refractivity contribution in [1.82, 2.24) is 0 Å². The number of aldehydes is 1. The molecule has 1 saturated carbocycles. The van der Waals surface area contributed by atoms with E-state index in [1.54, 1.807) is 0 Å². The van der Waals surface area contributed by atoms with Gasteiger partial charge in [0.1, 0.15) is 21.8 Å². The molecule has 1 aromatic carbocycles. The van der Waals surface area contributed by atoms with Crippen LogP contribution in [0.1, 0.15) is 16.8 Å². The van der Waals surface area contributed by atoms with Crippen molar-refractivity contribution in [3.8, 4) is 5.75 Å². The summed E-state index contributed by atoms with van der Waals surface area (Å²) < 4.78 is 3.52. The van der Waals surface area contributed by atoms with Gasteiger partial charge in [-0.2, -0.15) is 0 Å². The van der Waals surface area contributed by atoms with Crippen LogP contribution in [0, 0.1) is 5.92 Å². The van der Waals surface area contributed by atoms with Gasteiger partial charge in [-0.15, -0.1) is 23.2 Å². The molecule has 2 aliphatic carbocycles. The molecule has 0 unspecified atom stereocenters. The lowest BCUT2D eigenvalue weighted by atomic mass is 9.92. The Labute approximate surface area is 167 Å². The highest BCUT2D eigenvalue weighted by Gasteiger charge is 2.80. The largest absolute Gasteiger partial charge is 0.426 e. The molecule has 0 amide bonds. The molecule has 2 bridgehead atoms. The fourth-order valence-corrected chi connectivity index (χ4v) is 5.71. The number of hydrogen-bond acceptors (Lipinski definition) is 3. The second-order valence-corrected chi connectivity index (χ2v) is 8.90. The van der Waals surface area contributed by atoms with Gasteiger partial charge in [0, 0.05) is 5.56 Å². The molecule has 3 nitrogen and oxygen atoms in total. The van der Waals surface area contributed by atoms with E-state index >= 15 is 0 Å². The van der Waals surface area contributed by atoms with E-state index in [4.69, 9.17) is 74.3 Å². The van der Waals surface area contributed by atoms with Crippen LogP contribution in [0.25, 0.3) is 0 Å². The predicted octanol–water partition coefficient (Wildman–Crippen LogP) is 5.26. The number of ether oxygens (including phenoxy) is 1. The maximum absolute atomic E-state index is 12.6. The summed E-state index contributed by atoms with van der Waals surface area (Å²) in [4.78, 5) is 20.1. The predicted molar refractivity (Wildman–Crippen MR) is 95.9 cm³/mol. The molecule has 0 heterocycles. The average molecular weight is 449 g/mol. The topological polar surface area (TPSA) is 43.4 Å². The number of alkyl halides is 4. The first-order chi connectivity index (χ1) is 11.1. The minimum atomic E-state index is -1.78. The van der Waals surface area contributed by atoms with E-state index < -0.39 is 26.0 Å². The lowest BCUT2D eigenvalue weighted by molar-refractivity contribution is -0.139. The van der Waals surface area contributed by atoms with Gasteiger partial charge in [-0.25, -0.2) is 0 Å². The second-order valence-electron chi connectivity index (χ2n) is 5.58. The van der Waals surface area contributed by atoms with Crippen molar-refractivity contribution >= 4 is 81.9 Å². The van der Waals surface area contributed by atoms with E-state index in [0.29, 0.717) is 11.8 Å². The Morgan fingerprint density at radius 3 is 2.12 bits per heavy atom. The number of fused-ring (bicyclic) bond motifs is 2. The SMILES string of the molecule is O=Cc1ccc(OC(=O)[C@@H]2C[C@@]3(Cl)C(Cl)=C(Cl)[C@@]2(Cl)C3(Cl)Cl)cc1. The van der Waals surface area contributed by atoms with E-state index in [2.05, 4.69) is 0 Å². The van der Waals surface area contributed by atoms with Crippen molar-refractivity contribution < 1.29 is 14.3 Å². The van der Waals surface area contributed by atoms with Gasteiger partial charge in [0.2, 0.25) is 0 Å². The third-order valence-electron chi connectivity index (χ3n) is 4.30. The lowest BCUT2D eigenvalue weighted by Crippen LogP contribution is -2.46.